The normalized spacial score (nSPS) is 10.4. The summed E-state index contributed by atoms with van der Waals surface area (Å²) < 4.78 is 1.22. The fraction of sp³-hybridized carbons (Fsp3) is 0.200. The lowest BCUT2D eigenvalue weighted by atomic mass is 10.3. The monoisotopic (exact) mass is 287 g/mol. The third kappa shape index (κ3) is 2.19. The van der Waals surface area contributed by atoms with Gasteiger partial charge in [0.25, 0.3) is 0 Å². The number of halogens is 1. The van der Waals surface area contributed by atoms with E-state index in [1.54, 1.807) is 22.7 Å². The first-order valence-electron chi connectivity index (χ1n) is 4.26. The van der Waals surface area contributed by atoms with E-state index in [-0.39, 0.29) is 0 Å². The maximum atomic E-state index is 3.53. The van der Waals surface area contributed by atoms with Gasteiger partial charge in [-0.05, 0) is 50.8 Å². The van der Waals surface area contributed by atoms with E-state index in [9.17, 15) is 0 Å². The molecule has 0 fully saturated rings. The largest absolute Gasteiger partial charge is 0.380 e. The maximum Gasteiger partial charge on any atom is 0.0748 e. The van der Waals surface area contributed by atoms with E-state index in [4.69, 9.17) is 0 Å². The second kappa shape index (κ2) is 4.47. The summed E-state index contributed by atoms with van der Waals surface area (Å²) in [6.07, 6.45) is 0. The van der Waals surface area contributed by atoms with Gasteiger partial charge in [0.05, 0.1) is 3.79 Å². The quantitative estimate of drug-likeness (QED) is 0.877. The Morgan fingerprint density at radius 1 is 1.43 bits per heavy atom. The van der Waals surface area contributed by atoms with E-state index in [2.05, 4.69) is 50.4 Å². The zero-order valence-corrected chi connectivity index (χ0v) is 10.9. The highest BCUT2D eigenvalue weighted by Crippen LogP contribution is 2.25. The Morgan fingerprint density at radius 2 is 2.29 bits per heavy atom. The SMILES string of the molecule is Cc1cscc1NCc1ccsc1Br. The molecule has 0 saturated heterocycles. The van der Waals surface area contributed by atoms with E-state index in [0.29, 0.717) is 0 Å². The Labute approximate surface area is 99.9 Å². The first-order valence-corrected chi connectivity index (χ1v) is 6.87. The van der Waals surface area contributed by atoms with Crippen molar-refractivity contribution >= 4 is 44.3 Å². The summed E-state index contributed by atoms with van der Waals surface area (Å²) in [4.78, 5) is 0. The molecule has 2 aromatic heterocycles. The third-order valence-electron chi connectivity index (χ3n) is 2.02. The second-order valence-corrected chi connectivity index (χ2v) is 6.02. The van der Waals surface area contributed by atoms with Crippen molar-refractivity contribution in [1.82, 2.24) is 0 Å². The lowest BCUT2D eigenvalue weighted by molar-refractivity contribution is 1.15. The molecule has 0 radical (unpaired) electrons. The van der Waals surface area contributed by atoms with E-state index < -0.39 is 0 Å². The topological polar surface area (TPSA) is 12.0 Å². The number of nitrogens with one attached hydrogen (secondary N) is 1. The van der Waals surface area contributed by atoms with Crippen molar-refractivity contribution in [2.24, 2.45) is 0 Å². The molecule has 0 aliphatic rings. The number of aryl methyl sites for hydroxylation is 1. The van der Waals surface area contributed by atoms with Gasteiger partial charge in [0.2, 0.25) is 0 Å². The van der Waals surface area contributed by atoms with Gasteiger partial charge in [-0.25, -0.2) is 0 Å². The van der Waals surface area contributed by atoms with Crippen LogP contribution in [0, 0.1) is 6.92 Å². The van der Waals surface area contributed by atoms with Crippen LogP contribution in [-0.4, -0.2) is 0 Å². The highest BCUT2D eigenvalue weighted by Gasteiger charge is 2.02. The van der Waals surface area contributed by atoms with Gasteiger partial charge in [0, 0.05) is 17.6 Å². The molecule has 0 unspecified atom stereocenters. The molecule has 0 bridgehead atoms. The van der Waals surface area contributed by atoms with Crippen LogP contribution in [0.25, 0.3) is 0 Å². The number of anilines is 1. The molecule has 0 spiro atoms. The van der Waals surface area contributed by atoms with Crippen molar-refractivity contribution < 1.29 is 0 Å². The standard InChI is InChI=1S/C10H10BrNS2/c1-7-5-13-6-9(7)12-4-8-2-3-14-10(8)11/h2-3,5-6,12H,4H2,1H3. The van der Waals surface area contributed by atoms with Gasteiger partial charge in [-0.3, -0.25) is 0 Å². The summed E-state index contributed by atoms with van der Waals surface area (Å²) in [6.45, 7) is 3.02. The van der Waals surface area contributed by atoms with Crippen LogP contribution < -0.4 is 5.32 Å². The first-order chi connectivity index (χ1) is 6.77. The summed E-state index contributed by atoms with van der Waals surface area (Å²) in [5, 5.41) is 9.83. The van der Waals surface area contributed by atoms with Gasteiger partial charge in [-0.1, -0.05) is 0 Å². The molecule has 2 heterocycles. The van der Waals surface area contributed by atoms with Gasteiger partial charge in [-0.2, -0.15) is 0 Å². The minimum atomic E-state index is 0.891. The molecular formula is C10H10BrNS2. The van der Waals surface area contributed by atoms with Crippen molar-refractivity contribution in [2.45, 2.75) is 13.5 Å². The van der Waals surface area contributed by atoms with Gasteiger partial charge < -0.3 is 5.32 Å². The minimum Gasteiger partial charge on any atom is -0.380 e. The lowest BCUT2D eigenvalue weighted by Gasteiger charge is -2.04. The van der Waals surface area contributed by atoms with Crippen LogP contribution in [0.15, 0.2) is 26.0 Å². The molecular weight excluding hydrogens is 278 g/mol. The molecule has 2 aromatic rings. The van der Waals surface area contributed by atoms with E-state index in [1.165, 1.54) is 20.6 Å². The fourth-order valence-corrected chi connectivity index (χ4v) is 3.22. The van der Waals surface area contributed by atoms with Crippen molar-refractivity contribution in [1.29, 1.82) is 0 Å². The second-order valence-electron chi connectivity index (χ2n) is 3.04. The molecule has 0 aromatic carbocycles. The average molecular weight is 288 g/mol. The molecule has 74 valence electrons. The number of thiophene rings is 2. The van der Waals surface area contributed by atoms with Gasteiger partial charge in [-0.15, -0.1) is 22.7 Å². The molecule has 0 atom stereocenters. The van der Waals surface area contributed by atoms with Crippen LogP contribution in [0.1, 0.15) is 11.1 Å². The smallest absolute Gasteiger partial charge is 0.0748 e. The van der Waals surface area contributed by atoms with Gasteiger partial charge in [0.15, 0.2) is 0 Å². The van der Waals surface area contributed by atoms with E-state index in [0.717, 1.165) is 6.54 Å². The number of hydrogen-bond donors (Lipinski definition) is 1. The highest BCUT2D eigenvalue weighted by atomic mass is 79.9. The lowest BCUT2D eigenvalue weighted by Crippen LogP contribution is -1.98. The van der Waals surface area contributed by atoms with Gasteiger partial charge in [0.1, 0.15) is 0 Å². The van der Waals surface area contributed by atoms with Crippen LogP contribution >= 0.6 is 38.6 Å². The summed E-state index contributed by atoms with van der Waals surface area (Å²) >= 11 is 6.99. The maximum absolute atomic E-state index is 3.53. The first kappa shape index (κ1) is 10.2. The van der Waals surface area contributed by atoms with Crippen LogP contribution in [-0.2, 0) is 6.54 Å². The Balaban J connectivity index is 2.02. The van der Waals surface area contributed by atoms with Crippen molar-refractivity contribution in [3.8, 4) is 0 Å². The molecule has 0 saturated carbocycles. The van der Waals surface area contributed by atoms with Crippen molar-refractivity contribution in [2.75, 3.05) is 5.32 Å². The predicted octanol–water partition coefficient (Wildman–Crippen LogP) is 4.49. The van der Waals surface area contributed by atoms with E-state index in [1.807, 2.05) is 0 Å². The molecule has 14 heavy (non-hydrogen) atoms. The Morgan fingerprint density at radius 3 is 2.86 bits per heavy atom. The van der Waals surface area contributed by atoms with Crippen LogP contribution in [0.4, 0.5) is 5.69 Å². The van der Waals surface area contributed by atoms with E-state index >= 15 is 0 Å². The molecule has 2 rings (SSSR count). The zero-order chi connectivity index (χ0) is 9.97. The minimum absolute atomic E-state index is 0.891. The highest BCUT2D eigenvalue weighted by molar-refractivity contribution is 9.11. The molecule has 1 N–H and O–H groups in total. The van der Waals surface area contributed by atoms with Crippen LogP contribution in [0.3, 0.4) is 0 Å². The fourth-order valence-electron chi connectivity index (χ4n) is 1.18. The van der Waals surface area contributed by atoms with Crippen LogP contribution in [0.5, 0.6) is 0 Å². The summed E-state index contributed by atoms with van der Waals surface area (Å²) in [5.41, 5.74) is 3.88. The zero-order valence-electron chi connectivity index (χ0n) is 7.71. The predicted molar refractivity (Wildman–Crippen MR) is 68.4 cm³/mol. The summed E-state index contributed by atoms with van der Waals surface area (Å²) in [7, 11) is 0. The molecule has 0 aliphatic carbocycles. The van der Waals surface area contributed by atoms with Crippen molar-refractivity contribution in [3.05, 3.63) is 37.1 Å². The third-order valence-corrected chi connectivity index (χ3v) is 4.69. The Hall–Kier alpha value is -0.320. The molecule has 0 aliphatic heterocycles. The number of hydrogen-bond acceptors (Lipinski definition) is 3. The number of rotatable bonds is 3. The molecule has 1 nitrogen and oxygen atoms in total. The van der Waals surface area contributed by atoms with Crippen molar-refractivity contribution in [3.63, 3.8) is 0 Å². The Kier molecular flexibility index (Phi) is 3.26. The molecule has 0 amide bonds. The molecule has 4 heteroatoms. The van der Waals surface area contributed by atoms with Gasteiger partial charge >= 0.3 is 0 Å². The average Bonchev–Trinajstić information content (AvgIpc) is 2.72. The summed E-state index contributed by atoms with van der Waals surface area (Å²) in [5.74, 6) is 0. The summed E-state index contributed by atoms with van der Waals surface area (Å²) in [6, 6.07) is 2.14. The van der Waals surface area contributed by atoms with Crippen LogP contribution in [0.2, 0.25) is 0 Å². The Bertz CT molecular complexity index is 379.